The summed E-state index contributed by atoms with van der Waals surface area (Å²) < 4.78 is 0. The molecule has 2 aromatic rings. The molecule has 0 amide bonds. The zero-order valence-corrected chi connectivity index (χ0v) is 10.9. The van der Waals surface area contributed by atoms with E-state index in [1.54, 1.807) is 36.4 Å². The Morgan fingerprint density at radius 1 is 1.05 bits per heavy atom. The zero-order valence-electron chi connectivity index (χ0n) is 10.9. The molecule has 0 spiro atoms. The normalized spacial score (nSPS) is 9.71. The summed E-state index contributed by atoms with van der Waals surface area (Å²) in [5.41, 5.74) is 0.979. The third kappa shape index (κ3) is 3.29. The van der Waals surface area contributed by atoms with E-state index in [1.165, 1.54) is 18.2 Å². The Balaban J connectivity index is 2.55. The summed E-state index contributed by atoms with van der Waals surface area (Å²) in [7, 11) is 0. The van der Waals surface area contributed by atoms with Crippen molar-refractivity contribution in [3.63, 3.8) is 0 Å². The highest BCUT2D eigenvalue weighted by molar-refractivity contribution is 6.12. The Kier molecular flexibility index (Phi) is 4.39. The van der Waals surface area contributed by atoms with Crippen LogP contribution in [0.15, 0.2) is 53.5 Å². The molecule has 0 saturated heterocycles. The van der Waals surface area contributed by atoms with Crippen LogP contribution in [-0.2, 0) is 16.0 Å². The topological polar surface area (TPSA) is 83.8 Å². The van der Waals surface area contributed by atoms with Crippen LogP contribution in [0.3, 0.4) is 0 Å². The van der Waals surface area contributed by atoms with E-state index in [0.717, 1.165) is 0 Å². The Morgan fingerprint density at radius 3 is 2.38 bits per heavy atom. The molecule has 2 aromatic carbocycles. The number of aliphatic carboxylic acids is 1. The van der Waals surface area contributed by atoms with E-state index < -0.39 is 5.97 Å². The van der Waals surface area contributed by atoms with Crippen molar-refractivity contribution in [1.29, 1.82) is 0 Å². The Hall–Kier alpha value is -3.04. The molecular formula is C16H11NO4. The summed E-state index contributed by atoms with van der Waals surface area (Å²) in [6, 6.07) is 13.1. The fourth-order valence-corrected chi connectivity index (χ4v) is 2.00. The number of hydrogen-bond acceptors (Lipinski definition) is 4. The first-order chi connectivity index (χ1) is 10.1. The predicted molar refractivity (Wildman–Crippen MR) is 75.4 cm³/mol. The van der Waals surface area contributed by atoms with Gasteiger partial charge in [-0.15, -0.1) is 0 Å². The van der Waals surface area contributed by atoms with Crippen molar-refractivity contribution in [1.82, 2.24) is 0 Å². The molecule has 0 aliphatic heterocycles. The van der Waals surface area contributed by atoms with Crippen molar-refractivity contribution in [2.75, 3.05) is 0 Å². The van der Waals surface area contributed by atoms with Gasteiger partial charge in [-0.2, -0.15) is 4.99 Å². The van der Waals surface area contributed by atoms with E-state index in [9.17, 15) is 14.4 Å². The molecule has 0 heterocycles. The fourth-order valence-electron chi connectivity index (χ4n) is 2.00. The third-order valence-electron chi connectivity index (χ3n) is 2.90. The molecule has 0 radical (unpaired) electrons. The molecule has 104 valence electrons. The quantitative estimate of drug-likeness (QED) is 0.518. The van der Waals surface area contributed by atoms with E-state index in [2.05, 4.69) is 4.99 Å². The van der Waals surface area contributed by atoms with Crippen LogP contribution in [0.2, 0.25) is 0 Å². The number of carboxylic acids is 1. The molecule has 21 heavy (non-hydrogen) atoms. The van der Waals surface area contributed by atoms with Gasteiger partial charge in [0, 0.05) is 11.1 Å². The van der Waals surface area contributed by atoms with Crippen LogP contribution in [0.1, 0.15) is 21.5 Å². The van der Waals surface area contributed by atoms with Crippen LogP contribution in [0.25, 0.3) is 0 Å². The Morgan fingerprint density at radius 2 is 1.76 bits per heavy atom. The minimum absolute atomic E-state index is 0.0590. The maximum atomic E-state index is 12.4. The van der Waals surface area contributed by atoms with Gasteiger partial charge < -0.3 is 5.11 Å². The first kappa shape index (κ1) is 14.4. The highest BCUT2D eigenvalue weighted by Gasteiger charge is 2.17. The summed E-state index contributed by atoms with van der Waals surface area (Å²) in [6.45, 7) is 0. The number of nitrogens with zero attached hydrogens (tertiary/aromatic N) is 1. The number of carboxylic acid groups (broad SMARTS) is 1. The number of carbonyl (C=O) groups excluding carboxylic acids is 2. The molecule has 0 atom stereocenters. The van der Waals surface area contributed by atoms with Crippen molar-refractivity contribution in [3.8, 4) is 0 Å². The summed E-state index contributed by atoms with van der Waals surface area (Å²) in [4.78, 5) is 37.4. The van der Waals surface area contributed by atoms with Crippen molar-refractivity contribution >= 4 is 23.5 Å². The van der Waals surface area contributed by atoms with Crippen LogP contribution >= 0.6 is 0 Å². The number of benzene rings is 2. The molecule has 2 rings (SSSR count). The minimum Gasteiger partial charge on any atom is -0.481 e. The Bertz CT molecular complexity index is 731. The van der Waals surface area contributed by atoms with E-state index >= 15 is 0 Å². The van der Waals surface area contributed by atoms with E-state index in [4.69, 9.17) is 5.11 Å². The lowest BCUT2D eigenvalue weighted by Crippen LogP contribution is -2.06. The van der Waals surface area contributed by atoms with Gasteiger partial charge in [0.1, 0.15) is 0 Å². The van der Waals surface area contributed by atoms with Crippen molar-refractivity contribution < 1.29 is 19.5 Å². The fraction of sp³-hybridized carbons (Fsp3) is 0.0625. The van der Waals surface area contributed by atoms with Gasteiger partial charge in [0.2, 0.25) is 6.08 Å². The van der Waals surface area contributed by atoms with Gasteiger partial charge in [0.25, 0.3) is 0 Å². The van der Waals surface area contributed by atoms with Crippen molar-refractivity contribution in [2.24, 2.45) is 4.99 Å². The SMILES string of the molecule is O=C=Nc1c(CC(=O)O)cccc1C(=O)c1ccccc1. The zero-order chi connectivity index (χ0) is 15.2. The molecule has 5 heteroatoms. The van der Waals surface area contributed by atoms with Gasteiger partial charge in [0.05, 0.1) is 12.1 Å². The largest absolute Gasteiger partial charge is 0.481 e. The molecule has 1 N–H and O–H groups in total. The summed E-state index contributed by atoms with van der Waals surface area (Å²) in [6.07, 6.45) is 1.05. The number of carbonyl (C=O) groups is 2. The summed E-state index contributed by atoms with van der Waals surface area (Å²) in [5, 5.41) is 8.88. The smallest absolute Gasteiger partial charge is 0.307 e. The lowest BCUT2D eigenvalue weighted by Gasteiger charge is -2.08. The van der Waals surface area contributed by atoms with Crippen molar-refractivity contribution in [2.45, 2.75) is 6.42 Å². The van der Waals surface area contributed by atoms with Gasteiger partial charge >= 0.3 is 5.97 Å². The van der Waals surface area contributed by atoms with Crippen LogP contribution < -0.4 is 0 Å². The number of hydrogen-bond donors (Lipinski definition) is 1. The number of ketones is 1. The maximum Gasteiger partial charge on any atom is 0.307 e. The van der Waals surface area contributed by atoms with E-state index in [0.29, 0.717) is 11.1 Å². The summed E-state index contributed by atoms with van der Waals surface area (Å²) >= 11 is 0. The molecule has 0 unspecified atom stereocenters. The molecule has 0 aliphatic rings. The second-order valence-electron chi connectivity index (χ2n) is 4.28. The van der Waals surface area contributed by atoms with Crippen LogP contribution in [0, 0.1) is 0 Å². The number of aliphatic imine (C=N–C) groups is 1. The van der Waals surface area contributed by atoms with Crippen LogP contribution in [0.4, 0.5) is 5.69 Å². The second-order valence-corrected chi connectivity index (χ2v) is 4.28. The first-order valence-electron chi connectivity index (χ1n) is 6.15. The van der Waals surface area contributed by atoms with Gasteiger partial charge in [0.15, 0.2) is 5.78 Å². The standard InChI is InChI=1S/C16H11NO4/c18-10-17-15-12(9-14(19)20)7-4-8-13(15)16(21)11-5-2-1-3-6-11/h1-8H,9H2,(H,19,20). The van der Waals surface area contributed by atoms with Gasteiger partial charge in [-0.25, -0.2) is 4.79 Å². The lowest BCUT2D eigenvalue weighted by molar-refractivity contribution is -0.136. The molecule has 0 bridgehead atoms. The molecular weight excluding hydrogens is 270 g/mol. The summed E-state index contributed by atoms with van der Waals surface area (Å²) in [5.74, 6) is -1.39. The third-order valence-corrected chi connectivity index (χ3v) is 2.90. The molecule has 0 aromatic heterocycles. The van der Waals surface area contributed by atoms with Crippen molar-refractivity contribution in [3.05, 3.63) is 65.2 Å². The van der Waals surface area contributed by atoms with Gasteiger partial charge in [-0.3, -0.25) is 9.59 Å². The number of isocyanates is 1. The minimum atomic E-state index is -1.07. The van der Waals surface area contributed by atoms with Gasteiger partial charge in [-0.1, -0.05) is 42.5 Å². The number of para-hydroxylation sites is 1. The molecule has 0 aliphatic carbocycles. The predicted octanol–water partition coefficient (Wildman–Crippen LogP) is 2.51. The molecule has 5 nitrogen and oxygen atoms in total. The molecule has 0 fully saturated rings. The average Bonchev–Trinajstić information content (AvgIpc) is 2.49. The van der Waals surface area contributed by atoms with E-state index in [1.807, 2.05) is 0 Å². The monoisotopic (exact) mass is 281 g/mol. The number of rotatable bonds is 5. The lowest BCUT2D eigenvalue weighted by atomic mass is 9.97. The van der Waals surface area contributed by atoms with Crippen LogP contribution in [0.5, 0.6) is 0 Å². The second kappa shape index (κ2) is 6.41. The highest BCUT2D eigenvalue weighted by Crippen LogP contribution is 2.27. The average molecular weight is 281 g/mol. The Labute approximate surface area is 120 Å². The maximum absolute atomic E-state index is 12.4. The van der Waals surface area contributed by atoms with Crippen LogP contribution in [-0.4, -0.2) is 22.9 Å². The molecule has 0 saturated carbocycles. The highest BCUT2D eigenvalue weighted by atomic mass is 16.4. The first-order valence-corrected chi connectivity index (χ1v) is 6.15. The van der Waals surface area contributed by atoms with E-state index in [-0.39, 0.29) is 23.5 Å². The van der Waals surface area contributed by atoms with Gasteiger partial charge in [-0.05, 0) is 11.6 Å².